The van der Waals surface area contributed by atoms with Gasteiger partial charge in [0.05, 0.1) is 0 Å². The van der Waals surface area contributed by atoms with Gasteiger partial charge in [0.2, 0.25) is 0 Å². The molecule has 0 aromatic heterocycles. The molecule has 5 heteroatoms. The molecule has 0 unspecified atom stereocenters. The Bertz CT molecular complexity index is 554. The molecule has 1 aliphatic rings. The minimum atomic E-state index is -0.645. The van der Waals surface area contributed by atoms with Crippen LogP contribution in [0, 0.1) is 5.82 Å². The van der Waals surface area contributed by atoms with Gasteiger partial charge in [-0.25, -0.2) is 9.18 Å². The van der Waals surface area contributed by atoms with E-state index in [0.717, 1.165) is 23.4 Å². The van der Waals surface area contributed by atoms with E-state index in [4.69, 9.17) is 4.74 Å². The highest BCUT2D eigenvalue weighted by molar-refractivity contribution is 9.10. The largest absolute Gasteiger partial charge is 0.451 e. The van der Waals surface area contributed by atoms with Crippen molar-refractivity contribution in [3.63, 3.8) is 0 Å². The number of hydrogen-bond donors (Lipinski definition) is 0. The zero-order chi connectivity index (χ0) is 14.5. The molecule has 3 nitrogen and oxygen atoms in total. The third kappa shape index (κ3) is 4.00. The Hall–Kier alpha value is -1.49. The SMILES string of the molecule is O=C(/C=C/c1cc(Br)ccc1F)O[C@H]1CCCCC1=O. The van der Waals surface area contributed by atoms with Crippen molar-refractivity contribution >= 4 is 33.8 Å². The smallest absolute Gasteiger partial charge is 0.331 e. The van der Waals surface area contributed by atoms with E-state index in [2.05, 4.69) is 15.9 Å². The Kier molecular flexibility index (Phi) is 5.06. The first kappa shape index (κ1) is 14.9. The normalized spacial score (nSPS) is 19.3. The number of benzene rings is 1. The summed E-state index contributed by atoms with van der Waals surface area (Å²) in [5.41, 5.74) is 0.284. The van der Waals surface area contributed by atoms with Crippen LogP contribution >= 0.6 is 15.9 Å². The number of Topliss-reactive ketones (excluding diaryl/α,β-unsaturated/α-hetero) is 1. The highest BCUT2D eigenvalue weighted by Gasteiger charge is 2.24. The third-order valence-corrected chi connectivity index (χ3v) is 3.61. The van der Waals surface area contributed by atoms with Crippen molar-refractivity contribution in [3.8, 4) is 0 Å². The van der Waals surface area contributed by atoms with Crippen molar-refractivity contribution in [2.24, 2.45) is 0 Å². The fourth-order valence-corrected chi connectivity index (χ4v) is 2.43. The molecule has 2 rings (SSSR count). The lowest BCUT2D eigenvalue weighted by atomic mass is 9.96. The number of carbonyl (C=O) groups excluding carboxylic acids is 2. The molecule has 0 saturated heterocycles. The maximum atomic E-state index is 13.5. The van der Waals surface area contributed by atoms with Gasteiger partial charge in [-0.15, -0.1) is 0 Å². The van der Waals surface area contributed by atoms with Crippen molar-refractivity contribution in [2.75, 3.05) is 0 Å². The summed E-state index contributed by atoms with van der Waals surface area (Å²) in [5.74, 6) is -1.08. The van der Waals surface area contributed by atoms with Gasteiger partial charge in [-0.2, -0.15) is 0 Å². The molecule has 0 spiro atoms. The lowest BCUT2D eigenvalue weighted by Gasteiger charge is -2.19. The molecular weight excluding hydrogens is 327 g/mol. The Morgan fingerprint density at radius 1 is 1.40 bits per heavy atom. The van der Waals surface area contributed by atoms with Crippen LogP contribution in [0.15, 0.2) is 28.7 Å². The summed E-state index contributed by atoms with van der Waals surface area (Å²) in [6.07, 6.45) is 4.61. The zero-order valence-electron chi connectivity index (χ0n) is 10.8. The summed E-state index contributed by atoms with van der Waals surface area (Å²) >= 11 is 3.23. The number of halogens is 2. The summed E-state index contributed by atoms with van der Waals surface area (Å²) in [6.45, 7) is 0. The first-order chi connectivity index (χ1) is 9.56. The maximum absolute atomic E-state index is 13.5. The molecule has 1 aromatic carbocycles. The molecule has 1 atom stereocenters. The highest BCUT2D eigenvalue weighted by atomic mass is 79.9. The predicted octanol–water partition coefficient (Wildman–Crippen LogP) is 3.66. The molecule has 0 radical (unpaired) electrons. The van der Waals surface area contributed by atoms with Crippen LogP contribution < -0.4 is 0 Å². The van der Waals surface area contributed by atoms with Gasteiger partial charge in [-0.05, 0) is 43.5 Å². The summed E-state index contributed by atoms with van der Waals surface area (Å²) in [5, 5.41) is 0. The van der Waals surface area contributed by atoms with Crippen molar-refractivity contribution in [2.45, 2.75) is 31.8 Å². The molecule has 1 fully saturated rings. The minimum absolute atomic E-state index is 0.0355. The molecule has 0 N–H and O–H groups in total. The molecule has 0 amide bonds. The first-order valence-corrected chi connectivity index (χ1v) is 7.22. The molecular formula is C15H14BrFO3. The van der Waals surface area contributed by atoms with E-state index in [0.29, 0.717) is 12.8 Å². The van der Waals surface area contributed by atoms with Crippen LogP contribution in [0.1, 0.15) is 31.2 Å². The van der Waals surface area contributed by atoms with Crippen LogP contribution in [0.4, 0.5) is 4.39 Å². The number of hydrogen-bond acceptors (Lipinski definition) is 3. The molecule has 20 heavy (non-hydrogen) atoms. The molecule has 0 heterocycles. The molecule has 1 saturated carbocycles. The van der Waals surface area contributed by atoms with Gasteiger partial charge in [0, 0.05) is 22.5 Å². The molecule has 0 bridgehead atoms. The summed E-state index contributed by atoms with van der Waals surface area (Å²) in [6, 6.07) is 4.44. The van der Waals surface area contributed by atoms with E-state index in [9.17, 15) is 14.0 Å². The minimum Gasteiger partial charge on any atom is -0.451 e. The van der Waals surface area contributed by atoms with Gasteiger partial charge in [0.25, 0.3) is 0 Å². The van der Waals surface area contributed by atoms with Crippen LogP contribution in [-0.2, 0) is 14.3 Å². The molecule has 1 aliphatic carbocycles. The number of esters is 1. The second kappa shape index (κ2) is 6.79. The van der Waals surface area contributed by atoms with E-state index in [1.165, 1.54) is 12.1 Å². The average Bonchev–Trinajstić information content (AvgIpc) is 2.42. The number of rotatable bonds is 3. The predicted molar refractivity (Wildman–Crippen MR) is 76.5 cm³/mol. The summed E-state index contributed by atoms with van der Waals surface area (Å²) in [4.78, 5) is 23.2. The van der Waals surface area contributed by atoms with Gasteiger partial charge < -0.3 is 4.74 Å². The van der Waals surface area contributed by atoms with Gasteiger partial charge in [0.1, 0.15) is 5.82 Å². The number of ketones is 1. The van der Waals surface area contributed by atoms with Crippen molar-refractivity contribution in [1.29, 1.82) is 0 Å². The molecule has 106 valence electrons. The monoisotopic (exact) mass is 340 g/mol. The second-order valence-electron chi connectivity index (χ2n) is 4.64. The lowest BCUT2D eigenvalue weighted by Crippen LogP contribution is -2.29. The van der Waals surface area contributed by atoms with Crippen LogP contribution in [-0.4, -0.2) is 17.9 Å². The number of ether oxygens (including phenoxy) is 1. The van der Waals surface area contributed by atoms with E-state index in [1.807, 2.05) is 0 Å². The Morgan fingerprint density at radius 2 is 2.20 bits per heavy atom. The molecule has 0 aliphatic heterocycles. The topological polar surface area (TPSA) is 43.4 Å². The summed E-state index contributed by atoms with van der Waals surface area (Å²) < 4.78 is 19.3. The first-order valence-electron chi connectivity index (χ1n) is 6.43. The second-order valence-corrected chi connectivity index (χ2v) is 5.55. The van der Waals surface area contributed by atoms with Crippen molar-refractivity contribution in [3.05, 3.63) is 40.1 Å². The lowest BCUT2D eigenvalue weighted by molar-refractivity contribution is -0.152. The van der Waals surface area contributed by atoms with Crippen LogP contribution in [0.5, 0.6) is 0 Å². The van der Waals surface area contributed by atoms with Crippen LogP contribution in [0.25, 0.3) is 6.08 Å². The quantitative estimate of drug-likeness (QED) is 0.623. The standard InChI is InChI=1S/C15H14BrFO3/c16-11-6-7-12(17)10(9-11)5-8-15(19)20-14-4-2-1-3-13(14)18/h5-9,14H,1-4H2/b8-5+/t14-/m0/s1. The maximum Gasteiger partial charge on any atom is 0.331 e. The van der Waals surface area contributed by atoms with Crippen LogP contribution in [0.3, 0.4) is 0 Å². The van der Waals surface area contributed by atoms with E-state index < -0.39 is 17.9 Å². The highest BCUT2D eigenvalue weighted by Crippen LogP contribution is 2.19. The van der Waals surface area contributed by atoms with Gasteiger partial charge in [-0.3, -0.25) is 4.79 Å². The Labute approximate surface area is 124 Å². The number of carbonyl (C=O) groups is 2. The zero-order valence-corrected chi connectivity index (χ0v) is 12.4. The van der Waals surface area contributed by atoms with Crippen molar-refractivity contribution in [1.82, 2.24) is 0 Å². The summed E-state index contributed by atoms with van der Waals surface area (Å²) in [7, 11) is 0. The van der Waals surface area contributed by atoms with Crippen molar-refractivity contribution < 1.29 is 18.7 Å². The third-order valence-electron chi connectivity index (χ3n) is 3.11. The van der Waals surface area contributed by atoms with E-state index in [-0.39, 0.29) is 11.3 Å². The van der Waals surface area contributed by atoms with Gasteiger partial charge >= 0.3 is 5.97 Å². The van der Waals surface area contributed by atoms with Gasteiger partial charge in [0.15, 0.2) is 11.9 Å². The molecule has 1 aromatic rings. The fraction of sp³-hybridized carbons (Fsp3) is 0.333. The Balaban J connectivity index is 1.98. The van der Waals surface area contributed by atoms with E-state index in [1.54, 1.807) is 12.1 Å². The van der Waals surface area contributed by atoms with Crippen LogP contribution in [0.2, 0.25) is 0 Å². The Morgan fingerprint density at radius 3 is 2.95 bits per heavy atom. The fourth-order valence-electron chi connectivity index (χ4n) is 2.06. The van der Waals surface area contributed by atoms with Gasteiger partial charge in [-0.1, -0.05) is 15.9 Å². The average molecular weight is 341 g/mol. The van der Waals surface area contributed by atoms with E-state index >= 15 is 0 Å².